The summed E-state index contributed by atoms with van der Waals surface area (Å²) in [6.07, 6.45) is 0. The van der Waals surface area contributed by atoms with E-state index >= 15 is 0 Å². The summed E-state index contributed by atoms with van der Waals surface area (Å²) in [7, 11) is 1.83. The molecule has 0 fully saturated rings. The monoisotopic (exact) mass is 288 g/mol. The van der Waals surface area contributed by atoms with E-state index in [1.54, 1.807) is 22.9 Å². The Morgan fingerprint density at radius 1 is 1.15 bits per heavy atom. The molecule has 5 nitrogen and oxygen atoms in total. The molecule has 0 unspecified atom stereocenters. The van der Waals surface area contributed by atoms with Gasteiger partial charge in [-0.05, 0) is 30.3 Å². The van der Waals surface area contributed by atoms with Crippen LogP contribution in [0.1, 0.15) is 0 Å². The number of benzene rings is 2. The smallest absolute Gasteiger partial charge is 0.153 e. The summed E-state index contributed by atoms with van der Waals surface area (Å²) in [5.41, 5.74) is 13.0. The SMILES string of the molecule is Cn1nc(N)c2ccc(Oc3ccc(N)cc3Cl)cc21. The first kappa shape index (κ1) is 12.6. The van der Waals surface area contributed by atoms with Gasteiger partial charge < -0.3 is 16.2 Å². The first-order valence-electron chi connectivity index (χ1n) is 6.00. The molecule has 20 heavy (non-hydrogen) atoms. The number of ether oxygens (including phenoxy) is 1. The zero-order chi connectivity index (χ0) is 14.3. The molecule has 3 rings (SSSR count). The van der Waals surface area contributed by atoms with Crippen molar-refractivity contribution < 1.29 is 4.74 Å². The molecule has 1 aromatic heterocycles. The van der Waals surface area contributed by atoms with Crippen molar-refractivity contribution in [2.75, 3.05) is 11.5 Å². The van der Waals surface area contributed by atoms with Crippen LogP contribution >= 0.6 is 11.6 Å². The number of aryl methyl sites for hydroxylation is 1. The number of nitrogen functional groups attached to an aromatic ring is 2. The molecule has 0 aliphatic carbocycles. The van der Waals surface area contributed by atoms with Crippen LogP contribution in [0.3, 0.4) is 0 Å². The van der Waals surface area contributed by atoms with Gasteiger partial charge >= 0.3 is 0 Å². The molecular formula is C14H13ClN4O. The number of hydrogen-bond donors (Lipinski definition) is 2. The fourth-order valence-electron chi connectivity index (χ4n) is 2.06. The molecule has 0 bridgehead atoms. The first-order valence-corrected chi connectivity index (χ1v) is 6.37. The number of aromatic nitrogens is 2. The minimum atomic E-state index is 0.467. The van der Waals surface area contributed by atoms with Gasteiger partial charge in [-0.15, -0.1) is 0 Å². The lowest BCUT2D eigenvalue weighted by Crippen LogP contribution is -1.92. The lowest BCUT2D eigenvalue weighted by Gasteiger charge is -2.08. The third-order valence-electron chi connectivity index (χ3n) is 3.04. The largest absolute Gasteiger partial charge is 0.456 e. The van der Waals surface area contributed by atoms with Gasteiger partial charge in [0.05, 0.1) is 10.5 Å². The Labute approximate surface area is 120 Å². The summed E-state index contributed by atoms with van der Waals surface area (Å²) < 4.78 is 7.48. The summed E-state index contributed by atoms with van der Waals surface area (Å²) in [4.78, 5) is 0. The van der Waals surface area contributed by atoms with E-state index < -0.39 is 0 Å². The number of hydrogen-bond acceptors (Lipinski definition) is 4. The van der Waals surface area contributed by atoms with Crippen molar-refractivity contribution in [3.63, 3.8) is 0 Å². The Morgan fingerprint density at radius 3 is 2.70 bits per heavy atom. The number of anilines is 2. The molecule has 0 spiro atoms. The van der Waals surface area contributed by atoms with Crippen molar-refractivity contribution in [3.8, 4) is 11.5 Å². The maximum Gasteiger partial charge on any atom is 0.153 e. The third kappa shape index (κ3) is 2.12. The minimum Gasteiger partial charge on any atom is -0.456 e. The maximum atomic E-state index is 6.09. The van der Waals surface area contributed by atoms with E-state index in [0.717, 1.165) is 10.9 Å². The van der Waals surface area contributed by atoms with Crippen molar-refractivity contribution in [2.45, 2.75) is 0 Å². The van der Waals surface area contributed by atoms with E-state index in [1.807, 2.05) is 25.2 Å². The minimum absolute atomic E-state index is 0.467. The van der Waals surface area contributed by atoms with Crippen molar-refractivity contribution in [1.29, 1.82) is 0 Å². The first-order chi connectivity index (χ1) is 9.54. The average molecular weight is 289 g/mol. The summed E-state index contributed by atoms with van der Waals surface area (Å²) >= 11 is 6.09. The summed E-state index contributed by atoms with van der Waals surface area (Å²) in [5.74, 6) is 1.71. The van der Waals surface area contributed by atoms with Crippen molar-refractivity contribution in [1.82, 2.24) is 9.78 Å². The molecule has 0 radical (unpaired) electrons. The molecule has 1 heterocycles. The molecule has 4 N–H and O–H groups in total. The molecule has 0 atom stereocenters. The second-order valence-corrected chi connectivity index (χ2v) is 4.89. The van der Waals surface area contributed by atoms with Crippen LogP contribution in [0.15, 0.2) is 36.4 Å². The second-order valence-electron chi connectivity index (χ2n) is 4.48. The fourth-order valence-corrected chi connectivity index (χ4v) is 2.28. The van der Waals surface area contributed by atoms with Crippen LogP contribution in [0.5, 0.6) is 11.5 Å². The van der Waals surface area contributed by atoms with E-state index in [-0.39, 0.29) is 0 Å². The van der Waals surface area contributed by atoms with E-state index in [2.05, 4.69) is 5.10 Å². The van der Waals surface area contributed by atoms with Gasteiger partial charge in [0.25, 0.3) is 0 Å². The van der Waals surface area contributed by atoms with Crippen LogP contribution in [0.4, 0.5) is 11.5 Å². The summed E-state index contributed by atoms with van der Waals surface area (Å²) in [5, 5.41) is 5.52. The zero-order valence-corrected chi connectivity index (χ0v) is 11.6. The predicted octanol–water partition coefficient (Wildman–Crippen LogP) is 3.18. The average Bonchev–Trinajstić information content (AvgIpc) is 2.68. The fraction of sp³-hybridized carbons (Fsp3) is 0.0714. The normalized spacial score (nSPS) is 10.9. The van der Waals surface area contributed by atoms with E-state index in [4.69, 9.17) is 27.8 Å². The van der Waals surface area contributed by atoms with E-state index in [0.29, 0.717) is 28.0 Å². The Balaban J connectivity index is 2.00. The van der Waals surface area contributed by atoms with Gasteiger partial charge in [-0.2, -0.15) is 5.10 Å². The lowest BCUT2D eigenvalue weighted by atomic mass is 10.2. The molecule has 3 aromatic rings. The van der Waals surface area contributed by atoms with Crippen LogP contribution in [-0.4, -0.2) is 9.78 Å². The standard InChI is InChI=1S/C14H13ClN4O/c1-19-12-7-9(3-4-10(12)14(17)18-19)20-13-5-2-8(16)6-11(13)15/h2-7H,16H2,1H3,(H2,17,18). The Bertz CT molecular complexity index is 797. The molecule has 6 heteroatoms. The van der Waals surface area contributed by atoms with Crippen molar-refractivity contribution in [2.24, 2.45) is 7.05 Å². The van der Waals surface area contributed by atoms with Crippen LogP contribution in [0, 0.1) is 0 Å². The molecule has 0 aliphatic heterocycles. The molecular weight excluding hydrogens is 276 g/mol. The van der Waals surface area contributed by atoms with Crippen LogP contribution in [0.2, 0.25) is 5.02 Å². The molecule has 0 amide bonds. The molecule has 2 aromatic carbocycles. The Kier molecular flexibility index (Phi) is 2.91. The van der Waals surface area contributed by atoms with E-state index in [9.17, 15) is 0 Å². The number of nitrogens with two attached hydrogens (primary N) is 2. The van der Waals surface area contributed by atoms with Gasteiger partial charge in [0.1, 0.15) is 11.5 Å². The summed E-state index contributed by atoms with van der Waals surface area (Å²) in [6.45, 7) is 0. The maximum absolute atomic E-state index is 6.09. The summed E-state index contributed by atoms with van der Waals surface area (Å²) in [6, 6.07) is 10.7. The van der Waals surface area contributed by atoms with Gasteiger partial charge in [-0.1, -0.05) is 11.6 Å². The molecule has 0 saturated carbocycles. The molecule has 102 valence electrons. The highest BCUT2D eigenvalue weighted by molar-refractivity contribution is 6.32. The highest BCUT2D eigenvalue weighted by atomic mass is 35.5. The van der Waals surface area contributed by atoms with Crippen LogP contribution in [-0.2, 0) is 7.05 Å². The van der Waals surface area contributed by atoms with E-state index in [1.165, 1.54) is 0 Å². The Hall–Kier alpha value is -2.40. The molecule has 0 saturated heterocycles. The third-order valence-corrected chi connectivity index (χ3v) is 3.33. The topological polar surface area (TPSA) is 79.1 Å². The lowest BCUT2D eigenvalue weighted by molar-refractivity contribution is 0.483. The number of fused-ring (bicyclic) bond motifs is 1. The number of halogens is 1. The van der Waals surface area contributed by atoms with Gasteiger partial charge in [0.15, 0.2) is 5.82 Å². The highest BCUT2D eigenvalue weighted by Crippen LogP contribution is 2.32. The highest BCUT2D eigenvalue weighted by Gasteiger charge is 2.08. The predicted molar refractivity (Wildman–Crippen MR) is 81.1 cm³/mol. The zero-order valence-electron chi connectivity index (χ0n) is 10.8. The van der Waals surface area contributed by atoms with Gasteiger partial charge in [-0.3, -0.25) is 4.68 Å². The second kappa shape index (κ2) is 4.61. The van der Waals surface area contributed by atoms with Gasteiger partial charge in [0.2, 0.25) is 0 Å². The van der Waals surface area contributed by atoms with Gasteiger partial charge in [0, 0.05) is 24.2 Å². The van der Waals surface area contributed by atoms with Crippen molar-refractivity contribution in [3.05, 3.63) is 41.4 Å². The molecule has 0 aliphatic rings. The quantitative estimate of drug-likeness (QED) is 0.710. The van der Waals surface area contributed by atoms with Crippen LogP contribution in [0.25, 0.3) is 10.9 Å². The van der Waals surface area contributed by atoms with Gasteiger partial charge in [-0.25, -0.2) is 0 Å². The number of rotatable bonds is 2. The van der Waals surface area contributed by atoms with Crippen molar-refractivity contribution >= 4 is 34.0 Å². The number of nitrogens with zero attached hydrogens (tertiary/aromatic N) is 2. The van der Waals surface area contributed by atoms with Crippen LogP contribution < -0.4 is 16.2 Å². The Morgan fingerprint density at radius 2 is 1.95 bits per heavy atom.